The molecule has 3 N–H and O–H groups in total. The van der Waals surface area contributed by atoms with Gasteiger partial charge in [-0.3, -0.25) is 9.59 Å². The van der Waals surface area contributed by atoms with E-state index >= 15 is 0 Å². The zero-order valence-electron chi connectivity index (χ0n) is 11.8. The van der Waals surface area contributed by atoms with Crippen molar-refractivity contribution in [1.29, 1.82) is 0 Å². The fraction of sp³-hybridized carbons (Fsp3) is 0.857. The van der Waals surface area contributed by atoms with Crippen LogP contribution in [-0.2, 0) is 9.59 Å². The molecule has 108 valence electrons. The number of carboxylic acids is 1. The van der Waals surface area contributed by atoms with E-state index in [0.29, 0.717) is 25.9 Å². The Labute approximate surface area is 114 Å². The van der Waals surface area contributed by atoms with E-state index in [1.165, 1.54) is 0 Å². The first-order chi connectivity index (χ1) is 8.79. The average Bonchev–Trinajstić information content (AvgIpc) is 2.72. The van der Waals surface area contributed by atoms with Crippen LogP contribution in [0.3, 0.4) is 0 Å². The van der Waals surface area contributed by atoms with E-state index in [0.717, 1.165) is 19.3 Å². The van der Waals surface area contributed by atoms with Gasteiger partial charge in [-0.1, -0.05) is 13.8 Å². The molecule has 1 aliphatic carbocycles. The highest BCUT2D eigenvalue weighted by Crippen LogP contribution is 2.39. The van der Waals surface area contributed by atoms with Crippen molar-refractivity contribution in [3.8, 4) is 0 Å². The first-order valence-corrected chi connectivity index (χ1v) is 7.09. The lowest BCUT2D eigenvalue weighted by atomic mass is 9.75. The van der Waals surface area contributed by atoms with E-state index in [9.17, 15) is 14.7 Å². The van der Waals surface area contributed by atoms with E-state index in [1.807, 2.05) is 13.8 Å². The quantitative estimate of drug-likeness (QED) is 0.803. The van der Waals surface area contributed by atoms with Crippen LogP contribution in [0.1, 0.15) is 46.0 Å². The lowest BCUT2D eigenvalue weighted by Crippen LogP contribution is -2.50. The molecule has 2 fully saturated rings. The van der Waals surface area contributed by atoms with Crippen molar-refractivity contribution < 1.29 is 14.7 Å². The first-order valence-electron chi connectivity index (χ1n) is 7.09. The number of aliphatic carboxylic acids is 1. The SMILES string of the molecule is CC(C)C1(C(=O)O)CCN(C(=O)CC2(N)CCC2)C1. The number of carbonyl (C=O) groups excluding carboxylic acids is 1. The predicted molar refractivity (Wildman–Crippen MR) is 71.5 cm³/mol. The van der Waals surface area contributed by atoms with E-state index in [-0.39, 0.29) is 17.4 Å². The van der Waals surface area contributed by atoms with Crippen LogP contribution in [0.2, 0.25) is 0 Å². The van der Waals surface area contributed by atoms with E-state index in [4.69, 9.17) is 5.73 Å². The van der Waals surface area contributed by atoms with Crippen LogP contribution in [0.15, 0.2) is 0 Å². The molecule has 0 spiro atoms. The van der Waals surface area contributed by atoms with Crippen LogP contribution < -0.4 is 5.73 Å². The Kier molecular flexibility index (Phi) is 3.60. The predicted octanol–water partition coefficient (Wildman–Crippen LogP) is 1.22. The molecule has 2 aliphatic rings. The molecule has 1 amide bonds. The second-order valence-corrected chi connectivity index (χ2v) is 6.57. The number of amides is 1. The minimum atomic E-state index is -0.788. The summed E-state index contributed by atoms with van der Waals surface area (Å²) in [6.45, 7) is 4.70. The minimum absolute atomic E-state index is 0.0194. The van der Waals surface area contributed by atoms with Gasteiger partial charge in [0.15, 0.2) is 0 Å². The molecule has 0 aromatic carbocycles. The third-order valence-electron chi connectivity index (χ3n) is 5.04. The van der Waals surface area contributed by atoms with Crippen LogP contribution in [0.5, 0.6) is 0 Å². The summed E-state index contributed by atoms with van der Waals surface area (Å²) < 4.78 is 0. The van der Waals surface area contributed by atoms with Crippen molar-refractivity contribution in [3.63, 3.8) is 0 Å². The molecular formula is C14H24N2O3. The lowest BCUT2D eigenvalue weighted by molar-refractivity contribution is -0.151. The van der Waals surface area contributed by atoms with E-state index in [1.54, 1.807) is 4.90 Å². The Balaban J connectivity index is 2.00. The molecule has 1 saturated carbocycles. The van der Waals surface area contributed by atoms with Gasteiger partial charge in [0, 0.05) is 25.0 Å². The van der Waals surface area contributed by atoms with Gasteiger partial charge < -0.3 is 15.7 Å². The molecule has 0 bridgehead atoms. The minimum Gasteiger partial charge on any atom is -0.481 e. The lowest BCUT2D eigenvalue weighted by Gasteiger charge is -2.38. The molecule has 1 heterocycles. The highest BCUT2D eigenvalue weighted by molar-refractivity contribution is 5.81. The zero-order chi connectivity index (χ0) is 14.3. The summed E-state index contributed by atoms with van der Waals surface area (Å²) in [5, 5.41) is 9.46. The maximum absolute atomic E-state index is 12.2. The maximum atomic E-state index is 12.2. The molecule has 1 aliphatic heterocycles. The van der Waals surface area contributed by atoms with Crippen LogP contribution in [0.25, 0.3) is 0 Å². The fourth-order valence-corrected chi connectivity index (χ4v) is 3.16. The number of carboxylic acid groups (broad SMARTS) is 1. The Morgan fingerprint density at radius 2 is 1.95 bits per heavy atom. The molecule has 0 aromatic heterocycles. The Morgan fingerprint density at radius 1 is 1.32 bits per heavy atom. The first kappa shape index (κ1) is 14.3. The van der Waals surface area contributed by atoms with E-state index < -0.39 is 11.4 Å². The van der Waals surface area contributed by atoms with Crippen LogP contribution in [-0.4, -0.2) is 40.5 Å². The van der Waals surface area contributed by atoms with Gasteiger partial charge in [-0.2, -0.15) is 0 Å². The van der Waals surface area contributed by atoms with Crippen LogP contribution in [0, 0.1) is 11.3 Å². The molecular weight excluding hydrogens is 244 g/mol. The van der Waals surface area contributed by atoms with Crippen molar-refractivity contribution in [2.75, 3.05) is 13.1 Å². The van der Waals surface area contributed by atoms with Crippen molar-refractivity contribution in [2.45, 2.75) is 51.5 Å². The molecule has 5 heteroatoms. The van der Waals surface area contributed by atoms with Crippen molar-refractivity contribution >= 4 is 11.9 Å². The molecule has 1 unspecified atom stereocenters. The topological polar surface area (TPSA) is 83.6 Å². The number of nitrogens with zero attached hydrogens (tertiary/aromatic N) is 1. The molecule has 19 heavy (non-hydrogen) atoms. The summed E-state index contributed by atoms with van der Waals surface area (Å²) in [4.78, 5) is 25.5. The monoisotopic (exact) mass is 268 g/mol. The van der Waals surface area contributed by atoms with Gasteiger partial charge in [0.25, 0.3) is 0 Å². The molecule has 2 rings (SSSR count). The van der Waals surface area contributed by atoms with Gasteiger partial charge in [0.05, 0.1) is 5.41 Å². The third-order valence-corrected chi connectivity index (χ3v) is 5.04. The Morgan fingerprint density at radius 3 is 2.32 bits per heavy atom. The van der Waals surface area contributed by atoms with Gasteiger partial charge in [-0.25, -0.2) is 0 Å². The highest BCUT2D eigenvalue weighted by atomic mass is 16.4. The standard InChI is InChI=1S/C14H24N2O3/c1-10(2)14(12(18)19)6-7-16(9-14)11(17)8-13(15)4-3-5-13/h10H,3-9,15H2,1-2H3,(H,18,19). The fourth-order valence-electron chi connectivity index (χ4n) is 3.16. The number of nitrogens with two attached hydrogens (primary N) is 1. The summed E-state index contributed by atoms with van der Waals surface area (Å²) in [6, 6.07) is 0. The van der Waals surface area contributed by atoms with Crippen molar-refractivity contribution in [3.05, 3.63) is 0 Å². The summed E-state index contributed by atoms with van der Waals surface area (Å²) in [6.07, 6.45) is 3.81. The van der Waals surface area contributed by atoms with Crippen LogP contribution >= 0.6 is 0 Å². The highest BCUT2D eigenvalue weighted by Gasteiger charge is 2.49. The van der Waals surface area contributed by atoms with Crippen molar-refractivity contribution in [1.82, 2.24) is 4.90 Å². The van der Waals surface area contributed by atoms with Crippen molar-refractivity contribution in [2.24, 2.45) is 17.1 Å². The number of rotatable bonds is 4. The van der Waals surface area contributed by atoms with Gasteiger partial charge in [0.2, 0.25) is 5.91 Å². The Hall–Kier alpha value is -1.10. The second kappa shape index (κ2) is 4.78. The Bertz CT molecular complexity index is 390. The summed E-state index contributed by atoms with van der Waals surface area (Å²) >= 11 is 0. The van der Waals surface area contributed by atoms with Gasteiger partial charge in [0.1, 0.15) is 0 Å². The second-order valence-electron chi connectivity index (χ2n) is 6.57. The largest absolute Gasteiger partial charge is 0.481 e. The zero-order valence-corrected chi connectivity index (χ0v) is 11.8. The number of hydrogen-bond acceptors (Lipinski definition) is 3. The summed E-state index contributed by atoms with van der Waals surface area (Å²) in [5.41, 5.74) is 4.98. The summed E-state index contributed by atoms with van der Waals surface area (Å²) in [5.74, 6) is -0.742. The molecule has 1 saturated heterocycles. The van der Waals surface area contributed by atoms with Gasteiger partial charge in [-0.15, -0.1) is 0 Å². The average molecular weight is 268 g/mol. The number of hydrogen-bond donors (Lipinski definition) is 2. The maximum Gasteiger partial charge on any atom is 0.311 e. The molecule has 0 radical (unpaired) electrons. The van der Waals surface area contributed by atoms with E-state index in [2.05, 4.69) is 0 Å². The smallest absolute Gasteiger partial charge is 0.311 e. The van der Waals surface area contributed by atoms with Gasteiger partial charge in [-0.05, 0) is 31.6 Å². The van der Waals surface area contributed by atoms with Crippen LogP contribution in [0.4, 0.5) is 0 Å². The normalized spacial score (nSPS) is 29.4. The number of likely N-dealkylation sites (tertiary alicyclic amines) is 1. The molecule has 0 aromatic rings. The van der Waals surface area contributed by atoms with Gasteiger partial charge >= 0.3 is 5.97 Å². The third kappa shape index (κ3) is 2.48. The summed E-state index contributed by atoms with van der Waals surface area (Å²) in [7, 11) is 0. The molecule has 1 atom stereocenters. The molecule has 5 nitrogen and oxygen atoms in total. The number of carbonyl (C=O) groups is 2.